The van der Waals surface area contributed by atoms with Crippen molar-refractivity contribution in [3.05, 3.63) is 18.0 Å². The topological polar surface area (TPSA) is 52.6 Å². The van der Waals surface area contributed by atoms with E-state index >= 15 is 0 Å². The van der Waals surface area contributed by atoms with Crippen LogP contribution < -0.4 is 4.90 Å². The molecule has 1 aliphatic carbocycles. The molecule has 2 aliphatic heterocycles. The Labute approximate surface area is 156 Å². The van der Waals surface area contributed by atoms with E-state index in [4.69, 9.17) is 9.97 Å². The minimum Gasteiger partial charge on any atom is -0.332 e. The Hall–Kier alpha value is -1.53. The maximum Gasteiger partial charge on any atom is 0.225 e. The third kappa shape index (κ3) is 3.62. The molecule has 2 saturated heterocycles. The van der Waals surface area contributed by atoms with Gasteiger partial charge in [0.1, 0.15) is 5.78 Å². The van der Waals surface area contributed by atoms with Gasteiger partial charge in [-0.2, -0.15) is 0 Å². The number of anilines is 1. The molecule has 0 aromatic carbocycles. The van der Waals surface area contributed by atoms with Crippen molar-refractivity contribution in [1.29, 1.82) is 0 Å². The Morgan fingerprint density at radius 3 is 2.38 bits per heavy atom. The number of ketones is 1. The van der Waals surface area contributed by atoms with Gasteiger partial charge in [-0.25, -0.2) is 9.97 Å². The Morgan fingerprint density at radius 2 is 1.81 bits per heavy atom. The van der Waals surface area contributed by atoms with E-state index in [2.05, 4.69) is 28.8 Å². The van der Waals surface area contributed by atoms with Gasteiger partial charge in [0.25, 0.3) is 0 Å². The highest BCUT2D eigenvalue weighted by atomic mass is 16.1. The minimum atomic E-state index is 0.315. The molecule has 4 rings (SSSR count). The lowest BCUT2D eigenvalue weighted by atomic mass is 9.73. The molecule has 3 fully saturated rings. The number of aromatic nitrogens is 2. The summed E-state index contributed by atoms with van der Waals surface area (Å²) in [7, 11) is 4.36. The molecule has 0 radical (unpaired) electrons. The third-order valence-corrected chi connectivity index (χ3v) is 6.42. The number of hydrogen-bond acceptors (Lipinski definition) is 6. The summed E-state index contributed by atoms with van der Waals surface area (Å²) in [5.41, 5.74) is 1.17. The van der Waals surface area contributed by atoms with Crippen molar-refractivity contribution in [2.45, 2.75) is 51.2 Å². The van der Waals surface area contributed by atoms with E-state index in [-0.39, 0.29) is 0 Å². The Morgan fingerprint density at radius 1 is 1.19 bits per heavy atom. The number of carbonyl (C=O) groups is 1. The number of hydrogen-bond donors (Lipinski definition) is 0. The van der Waals surface area contributed by atoms with Crippen molar-refractivity contribution in [1.82, 2.24) is 19.8 Å². The van der Waals surface area contributed by atoms with Crippen molar-refractivity contribution in [3.8, 4) is 0 Å². The zero-order chi connectivity index (χ0) is 18.3. The molecular formula is C20H31N5O. The van der Waals surface area contributed by atoms with Crippen molar-refractivity contribution in [2.75, 3.05) is 38.6 Å². The molecule has 26 heavy (non-hydrogen) atoms. The van der Waals surface area contributed by atoms with Gasteiger partial charge in [-0.1, -0.05) is 0 Å². The fourth-order valence-electron chi connectivity index (χ4n) is 5.04. The van der Waals surface area contributed by atoms with Crippen LogP contribution in [0.4, 0.5) is 5.95 Å². The first-order valence-corrected chi connectivity index (χ1v) is 9.96. The summed E-state index contributed by atoms with van der Waals surface area (Å²) in [6, 6.07) is 1.14. The van der Waals surface area contributed by atoms with Gasteiger partial charge in [0, 0.05) is 62.1 Å². The van der Waals surface area contributed by atoms with Gasteiger partial charge in [0.05, 0.1) is 0 Å². The molecule has 2 unspecified atom stereocenters. The first-order chi connectivity index (χ1) is 12.5. The van der Waals surface area contributed by atoms with Crippen LogP contribution >= 0.6 is 0 Å². The van der Waals surface area contributed by atoms with Gasteiger partial charge in [0.15, 0.2) is 0 Å². The Kier molecular flexibility index (Phi) is 4.97. The molecule has 2 bridgehead atoms. The number of piperazine rings is 1. The number of rotatable bonds is 6. The molecule has 142 valence electrons. The van der Waals surface area contributed by atoms with Gasteiger partial charge >= 0.3 is 0 Å². The fraction of sp³-hybridized carbons (Fsp3) is 0.750. The zero-order valence-electron chi connectivity index (χ0n) is 16.3. The zero-order valence-corrected chi connectivity index (χ0v) is 16.3. The van der Waals surface area contributed by atoms with Crippen LogP contribution in [0.3, 0.4) is 0 Å². The smallest absolute Gasteiger partial charge is 0.225 e. The largest absolute Gasteiger partial charge is 0.332 e. The number of nitrogens with zero attached hydrogens (tertiary/aromatic N) is 5. The second kappa shape index (κ2) is 7.24. The fourth-order valence-corrected chi connectivity index (χ4v) is 5.04. The number of carbonyl (C=O) groups excluding carboxylic acids is 1. The number of likely N-dealkylation sites (tertiary alicyclic amines) is 1. The van der Waals surface area contributed by atoms with E-state index in [9.17, 15) is 4.79 Å². The molecule has 0 spiro atoms. The summed E-state index contributed by atoms with van der Waals surface area (Å²) in [4.78, 5) is 27.9. The lowest BCUT2D eigenvalue weighted by molar-refractivity contribution is -0.124. The molecule has 6 nitrogen and oxygen atoms in total. The lowest BCUT2D eigenvalue weighted by Gasteiger charge is -2.39. The normalized spacial score (nSPS) is 31.3. The molecule has 1 aromatic heterocycles. The van der Waals surface area contributed by atoms with Gasteiger partial charge in [-0.3, -0.25) is 4.79 Å². The number of fused-ring (bicyclic) bond motifs is 2. The third-order valence-electron chi connectivity index (χ3n) is 6.42. The van der Waals surface area contributed by atoms with Crippen LogP contribution in [0, 0.1) is 11.8 Å². The summed E-state index contributed by atoms with van der Waals surface area (Å²) < 4.78 is 0. The summed E-state index contributed by atoms with van der Waals surface area (Å²) in [5.74, 6) is 2.23. The lowest BCUT2D eigenvalue weighted by Crippen LogP contribution is -2.53. The van der Waals surface area contributed by atoms with Crippen molar-refractivity contribution in [2.24, 2.45) is 11.8 Å². The van der Waals surface area contributed by atoms with E-state index in [1.54, 1.807) is 6.92 Å². The monoisotopic (exact) mass is 357 g/mol. The van der Waals surface area contributed by atoms with E-state index in [1.165, 1.54) is 18.4 Å². The molecule has 3 aliphatic rings. The second-order valence-corrected chi connectivity index (χ2v) is 8.75. The summed E-state index contributed by atoms with van der Waals surface area (Å²) in [6.45, 7) is 5.88. The maximum absolute atomic E-state index is 11.3. The molecule has 2 atom stereocenters. The van der Waals surface area contributed by atoms with Crippen LogP contribution in [0.5, 0.6) is 0 Å². The Bertz CT molecular complexity index is 628. The SMILES string of the molecule is CC(=O)C1CC(CN(C)Cc2cnc(N3C4CCC3CN(C)C4)nc2)C1. The van der Waals surface area contributed by atoms with Crippen LogP contribution in [-0.4, -0.2) is 71.4 Å². The maximum atomic E-state index is 11.3. The second-order valence-electron chi connectivity index (χ2n) is 8.75. The van der Waals surface area contributed by atoms with Gasteiger partial charge < -0.3 is 14.7 Å². The first-order valence-electron chi connectivity index (χ1n) is 9.96. The number of likely N-dealkylation sites (N-methyl/N-ethyl adjacent to an activating group) is 1. The molecule has 6 heteroatoms. The van der Waals surface area contributed by atoms with E-state index < -0.39 is 0 Å². The van der Waals surface area contributed by atoms with E-state index in [0.29, 0.717) is 29.7 Å². The summed E-state index contributed by atoms with van der Waals surface area (Å²) >= 11 is 0. The van der Waals surface area contributed by atoms with E-state index in [1.807, 2.05) is 12.4 Å². The average molecular weight is 358 g/mol. The predicted octanol–water partition coefficient (Wildman–Crippen LogP) is 1.81. The highest BCUT2D eigenvalue weighted by Gasteiger charge is 2.40. The van der Waals surface area contributed by atoms with Gasteiger partial charge in [0.2, 0.25) is 5.95 Å². The molecule has 1 saturated carbocycles. The predicted molar refractivity (Wildman–Crippen MR) is 102 cm³/mol. The Balaban J connectivity index is 1.30. The summed E-state index contributed by atoms with van der Waals surface area (Å²) in [6.07, 6.45) is 8.62. The molecular weight excluding hydrogens is 326 g/mol. The average Bonchev–Trinajstić information content (AvgIpc) is 2.82. The molecule has 0 N–H and O–H groups in total. The van der Waals surface area contributed by atoms with Crippen LogP contribution in [0.2, 0.25) is 0 Å². The van der Waals surface area contributed by atoms with Crippen LogP contribution in [0.15, 0.2) is 12.4 Å². The number of Topliss-reactive ketones (excluding diaryl/α,β-unsaturated/α-hetero) is 1. The molecule has 1 aromatic rings. The van der Waals surface area contributed by atoms with Crippen molar-refractivity contribution >= 4 is 11.7 Å². The van der Waals surface area contributed by atoms with Crippen LogP contribution in [0.25, 0.3) is 0 Å². The highest BCUT2D eigenvalue weighted by Crippen LogP contribution is 2.35. The molecule has 0 amide bonds. The van der Waals surface area contributed by atoms with Crippen LogP contribution in [-0.2, 0) is 11.3 Å². The van der Waals surface area contributed by atoms with E-state index in [0.717, 1.165) is 45.0 Å². The standard InChI is InChI=1S/C20H31N5O/c1-14(26)17-6-15(7-17)10-23(2)11-16-8-21-20(22-9-16)25-18-4-5-19(25)13-24(3)12-18/h8-9,15,17-19H,4-7,10-13H2,1-3H3. The van der Waals surface area contributed by atoms with Gasteiger partial charge in [-0.15, -0.1) is 0 Å². The summed E-state index contributed by atoms with van der Waals surface area (Å²) in [5, 5.41) is 0. The minimum absolute atomic E-state index is 0.315. The van der Waals surface area contributed by atoms with Crippen molar-refractivity contribution < 1.29 is 4.79 Å². The first kappa shape index (κ1) is 17.9. The van der Waals surface area contributed by atoms with Crippen molar-refractivity contribution in [3.63, 3.8) is 0 Å². The van der Waals surface area contributed by atoms with Gasteiger partial charge in [-0.05, 0) is 52.6 Å². The quantitative estimate of drug-likeness (QED) is 0.774. The van der Waals surface area contributed by atoms with Crippen LogP contribution in [0.1, 0.15) is 38.2 Å². The molecule has 3 heterocycles. The highest BCUT2D eigenvalue weighted by molar-refractivity contribution is 5.79.